The van der Waals surface area contributed by atoms with Crippen molar-refractivity contribution in [3.8, 4) is 5.75 Å². The van der Waals surface area contributed by atoms with Crippen LogP contribution in [0.3, 0.4) is 0 Å². The van der Waals surface area contributed by atoms with Gasteiger partial charge in [0.15, 0.2) is 0 Å². The maximum atomic E-state index is 12.3. The summed E-state index contributed by atoms with van der Waals surface area (Å²) in [5, 5.41) is 9.04. The summed E-state index contributed by atoms with van der Waals surface area (Å²) in [5.41, 5.74) is 2.70. The van der Waals surface area contributed by atoms with Gasteiger partial charge in [-0.2, -0.15) is 13.2 Å². The van der Waals surface area contributed by atoms with Crippen LogP contribution in [0.2, 0.25) is 0 Å². The third kappa shape index (κ3) is 1.61. The fraction of sp³-hybridized carbons (Fsp3) is 0.143. The number of nitrogen functional groups attached to an aromatic ring is 1. The lowest BCUT2D eigenvalue weighted by Gasteiger charge is -2.07. The zero-order valence-electron chi connectivity index (χ0n) is 8.66. The Morgan fingerprint density at radius 1 is 1.42 bits per heavy atom. The van der Waals surface area contributed by atoms with E-state index in [1.165, 1.54) is 0 Å². The quantitative estimate of drug-likeness (QED) is 0.473. The topological polar surface area (TPSA) is 46.2 Å². The molecule has 12 heavy (non-hydrogen) atoms. The Balaban J connectivity index is 3.68. The molecule has 1 aromatic rings. The van der Waals surface area contributed by atoms with Crippen LogP contribution in [0, 0.1) is 0 Å². The zero-order valence-corrected chi connectivity index (χ0v) is 5.66. The number of phenols is 1. The standard InChI is InChI=1S/C7H6F3NO/c8-7(9,10)4-1-2-5(11)6(12)3-4/h1-3,12H,11H2/i1D,2D,3D. The maximum Gasteiger partial charge on any atom is 0.416 e. The van der Waals surface area contributed by atoms with E-state index in [0.717, 1.165) is 0 Å². The van der Waals surface area contributed by atoms with Crippen LogP contribution in [0.25, 0.3) is 0 Å². The van der Waals surface area contributed by atoms with Gasteiger partial charge in [-0.25, -0.2) is 0 Å². The van der Waals surface area contributed by atoms with Gasteiger partial charge in [-0.15, -0.1) is 0 Å². The SMILES string of the molecule is [2H]c1c([2H])c(C(F)(F)F)c([2H])c(O)c1N. The van der Waals surface area contributed by atoms with E-state index in [1.807, 2.05) is 0 Å². The lowest BCUT2D eigenvalue weighted by molar-refractivity contribution is -0.137. The lowest BCUT2D eigenvalue weighted by atomic mass is 10.2. The monoisotopic (exact) mass is 180 g/mol. The summed E-state index contributed by atoms with van der Waals surface area (Å²) < 4.78 is 58.0. The first-order chi connectivity index (χ1) is 6.68. The number of alkyl halides is 3. The predicted octanol–water partition coefficient (Wildman–Crippen LogP) is 1.99. The molecule has 0 aliphatic carbocycles. The van der Waals surface area contributed by atoms with Crippen molar-refractivity contribution in [2.24, 2.45) is 0 Å². The Bertz CT molecular complexity index is 390. The first kappa shape index (κ1) is 5.29. The highest BCUT2D eigenvalue weighted by Crippen LogP contribution is 2.33. The van der Waals surface area contributed by atoms with Crippen molar-refractivity contribution in [1.82, 2.24) is 0 Å². The smallest absolute Gasteiger partial charge is 0.416 e. The molecule has 66 valence electrons. The Kier molecular flexibility index (Phi) is 1.14. The van der Waals surface area contributed by atoms with Gasteiger partial charge >= 0.3 is 6.18 Å². The van der Waals surface area contributed by atoms with Crippen molar-refractivity contribution in [3.05, 3.63) is 23.7 Å². The first-order valence-corrected chi connectivity index (χ1v) is 2.83. The zero-order chi connectivity index (χ0) is 12.0. The molecule has 0 bridgehead atoms. The summed E-state index contributed by atoms with van der Waals surface area (Å²) >= 11 is 0. The van der Waals surface area contributed by atoms with E-state index in [4.69, 9.17) is 15.0 Å². The highest BCUT2D eigenvalue weighted by atomic mass is 19.4. The molecular formula is C7H6F3NO. The summed E-state index contributed by atoms with van der Waals surface area (Å²) in [4.78, 5) is 0. The molecule has 0 amide bonds. The Hall–Kier alpha value is -1.39. The second kappa shape index (κ2) is 2.58. The molecular weight excluding hydrogens is 171 g/mol. The minimum atomic E-state index is -4.96. The van der Waals surface area contributed by atoms with Crippen molar-refractivity contribution in [2.45, 2.75) is 6.18 Å². The van der Waals surface area contributed by atoms with Crippen LogP contribution in [0.5, 0.6) is 5.75 Å². The Morgan fingerprint density at radius 3 is 2.50 bits per heavy atom. The van der Waals surface area contributed by atoms with Crippen LogP contribution >= 0.6 is 0 Å². The number of benzene rings is 1. The van der Waals surface area contributed by atoms with E-state index < -0.39 is 41.3 Å². The summed E-state index contributed by atoms with van der Waals surface area (Å²) in [6.45, 7) is 0. The summed E-state index contributed by atoms with van der Waals surface area (Å²) in [6, 6.07) is -3.42. The van der Waals surface area contributed by atoms with Crippen LogP contribution in [0.15, 0.2) is 18.1 Å². The molecule has 0 spiro atoms. The molecule has 1 aromatic carbocycles. The molecule has 0 heterocycles. The van der Waals surface area contributed by atoms with E-state index >= 15 is 0 Å². The van der Waals surface area contributed by atoms with Crippen LogP contribution in [-0.4, -0.2) is 5.11 Å². The highest BCUT2D eigenvalue weighted by Gasteiger charge is 2.30. The Morgan fingerprint density at radius 2 is 2.00 bits per heavy atom. The van der Waals surface area contributed by atoms with Gasteiger partial charge < -0.3 is 10.8 Å². The van der Waals surface area contributed by atoms with E-state index in [2.05, 4.69) is 0 Å². The average molecular weight is 180 g/mol. The number of nitrogens with two attached hydrogens (primary N) is 1. The maximum absolute atomic E-state index is 12.3. The summed E-state index contributed by atoms with van der Waals surface area (Å²) in [6.07, 6.45) is -4.96. The number of halogens is 3. The van der Waals surface area contributed by atoms with Gasteiger partial charge in [-0.3, -0.25) is 0 Å². The third-order valence-electron chi connectivity index (χ3n) is 1.10. The molecule has 3 N–H and O–H groups in total. The highest BCUT2D eigenvalue weighted by molar-refractivity contribution is 5.53. The number of aromatic hydroxyl groups is 1. The molecule has 0 aliphatic rings. The number of hydrogen-bond donors (Lipinski definition) is 2. The van der Waals surface area contributed by atoms with Crippen LogP contribution < -0.4 is 5.73 Å². The molecule has 0 atom stereocenters. The van der Waals surface area contributed by atoms with E-state index in [1.54, 1.807) is 0 Å². The fourth-order valence-electron chi connectivity index (χ4n) is 0.548. The minimum Gasteiger partial charge on any atom is -0.506 e. The molecule has 5 heteroatoms. The van der Waals surface area contributed by atoms with Gasteiger partial charge in [-0.1, -0.05) is 0 Å². The molecule has 1 rings (SSSR count). The molecule has 2 nitrogen and oxygen atoms in total. The van der Waals surface area contributed by atoms with Crippen molar-refractivity contribution < 1.29 is 22.4 Å². The van der Waals surface area contributed by atoms with Gasteiger partial charge in [0.25, 0.3) is 0 Å². The van der Waals surface area contributed by atoms with Crippen LogP contribution in [0.4, 0.5) is 18.9 Å². The van der Waals surface area contributed by atoms with Crippen molar-refractivity contribution in [2.75, 3.05) is 5.73 Å². The largest absolute Gasteiger partial charge is 0.506 e. The fourth-order valence-corrected chi connectivity index (χ4v) is 0.548. The lowest BCUT2D eigenvalue weighted by Crippen LogP contribution is -2.04. The molecule has 0 fully saturated rings. The number of phenolic OH excluding ortho intramolecular Hbond substituents is 1. The molecule has 0 saturated heterocycles. The van der Waals surface area contributed by atoms with Gasteiger partial charge in [0.2, 0.25) is 0 Å². The summed E-state index contributed by atoms with van der Waals surface area (Å²) in [7, 11) is 0. The number of hydrogen-bond acceptors (Lipinski definition) is 2. The first-order valence-electron chi connectivity index (χ1n) is 4.33. The second-order valence-corrected chi connectivity index (χ2v) is 2.01. The third-order valence-corrected chi connectivity index (χ3v) is 1.10. The predicted molar refractivity (Wildman–Crippen MR) is 37.5 cm³/mol. The second-order valence-electron chi connectivity index (χ2n) is 2.01. The van der Waals surface area contributed by atoms with Crippen molar-refractivity contribution in [3.63, 3.8) is 0 Å². The Labute approximate surface area is 70.6 Å². The van der Waals surface area contributed by atoms with E-state index in [-0.39, 0.29) is 0 Å². The van der Waals surface area contributed by atoms with Gasteiger partial charge in [0.05, 0.1) is 15.4 Å². The minimum absolute atomic E-state index is 0.696. The molecule has 0 unspecified atom stereocenters. The van der Waals surface area contributed by atoms with Gasteiger partial charge in [0.1, 0.15) is 5.75 Å². The number of rotatable bonds is 0. The molecule has 0 aromatic heterocycles. The number of anilines is 1. The van der Waals surface area contributed by atoms with Gasteiger partial charge in [-0.05, 0) is 18.1 Å². The van der Waals surface area contributed by atoms with E-state index in [9.17, 15) is 13.2 Å². The van der Waals surface area contributed by atoms with Crippen LogP contribution in [-0.2, 0) is 6.18 Å². The molecule has 0 aliphatic heterocycles. The van der Waals surface area contributed by atoms with Crippen LogP contribution in [0.1, 0.15) is 9.68 Å². The molecule has 0 saturated carbocycles. The summed E-state index contributed by atoms with van der Waals surface area (Å²) in [5.74, 6) is -1.12. The molecule has 0 radical (unpaired) electrons. The van der Waals surface area contributed by atoms with Gasteiger partial charge in [0, 0.05) is 0 Å². The van der Waals surface area contributed by atoms with Crippen molar-refractivity contribution in [1.29, 1.82) is 0 Å². The average Bonchev–Trinajstić information content (AvgIpc) is 2.09. The normalized spacial score (nSPS) is 15.1. The van der Waals surface area contributed by atoms with Crippen molar-refractivity contribution >= 4 is 5.69 Å². The van der Waals surface area contributed by atoms with E-state index in [0.29, 0.717) is 0 Å².